The fourth-order valence-electron chi connectivity index (χ4n) is 1.04. The summed E-state index contributed by atoms with van der Waals surface area (Å²) in [5.41, 5.74) is 1.02. The summed E-state index contributed by atoms with van der Waals surface area (Å²) < 4.78 is 9.83. The van der Waals surface area contributed by atoms with E-state index in [4.69, 9.17) is 14.9 Å². The Labute approximate surface area is 90.0 Å². The van der Waals surface area contributed by atoms with Crippen molar-refractivity contribution in [2.75, 3.05) is 14.2 Å². The Morgan fingerprint density at radius 1 is 1.36 bits per heavy atom. The Morgan fingerprint density at radius 3 is 2.64 bits per heavy atom. The second-order valence-corrected chi connectivity index (χ2v) is 2.66. The number of benzene rings is 1. The highest BCUT2D eigenvalue weighted by atomic mass is 35.5. The van der Waals surface area contributed by atoms with Gasteiger partial charge in [-0.1, -0.05) is 12.1 Å². The standard InChI is InChI=1S/C10H13NO2.ClH/c1-12-9-5-3-4-8(6-9)7-10(11)13-2;/h3-6,11H,7H2,1-2H3;1H. The SMILES string of the molecule is COC(=N)Cc1cccc(OC)c1.Cl. The van der Waals surface area contributed by atoms with Crippen molar-refractivity contribution in [3.05, 3.63) is 29.8 Å². The molecule has 0 bridgehead atoms. The molecule has 0 saturated carbocycles. The quantitative estimate of drug-likeness (QED) is 0.621. The maximum atomic E-state index is 7.34. The van der Waals surface area contributed by atoms with Crippen LogP contribution in [0.3, 0.4) is 0 Å². The smallest absolute Gasteiger partial charge is 0.184 e. The van der Waals surface area contributed by atoms with E-state index in [0.29, 0.717) is 6.42 Å². The van der Waals surface area contributed by atoms with Crippen molar-refractivity contribution in [1.82, 2.24) is 0 Å². The van der Waals surface area contributed by atoms with Gasteiger partial charge in [-0.05, 0) is 17.7 Å². The molecule has 0 radical (unpaired) electrons. The molecule has 14 heavy (non-hydrogen) atoms. The van der Waals surface area contributed by atoms with Crippen LogP contribution in [0.4, 0.5) is 0 Å². The van der Waals surface area contributed by atoms with E-state index in [9.17, 15) is 0 Å². The van der Waals surface area contributed by atoms with Gasteiger partial charge in [-0.3, -0.25) is 5.41 Å². The largest absolute Gasteiger partial charge is 0.497 e. The average Bonchev–Trinajstić information content (AvgIpc) is 2.18. The molecule has 4 heteroatoms. The van der Waals surface area contributed by atoms with Crippen molar-refractivity contribution < 1.29 is 9.47 Å². The van der Waals surface area contributed by atoms with Gasteiger partial charge in [0.25, 0.3) is 0 Å². The van der Waals surface area contributed by atoms with E-state index in [0.717, 1.165) is 11.3 Å². The highest BCUT2D eigenvalue weighted by molar-refractivity contribution is 5.85. The van der Waals surface area contributed by atoms with Gasteiger partial charge in [0.2, 0.25) is 0 Å². The van der Waals surface area contributed by atoms with E-state index in [2.05, 4.69) is 0 Å². The lowest BCUT2D eigenvalue weighted by molar-refractivity contribution is 0.389. The van der Waals surface area contributed by atoms with Crippen molar-refractivity contribution in [2.24, 2.45) is 0 Å². The van der Waals surface area contributed by atoms with Crippen LogP contribution >= 0.6 is 12.4 Å². The molecule has 0 heterocycles. The summed E-state index contributed by atoms with van der Waals surface area (Å²) in [4.78, 5) is 0. The zero-order valence-corrected chi connectivity index (χ0v) is 9.06. The first-order valence-corrected chi connectivity index (χ1v) is 4.00. The lowest BCUT2D eigenvalue weighted by Crippen LogP contribution is -2.03. The van der Waals surface area contributed by atoms with Crippen molar-refractivity contribution in [2.45, 2.75) is 6.42 Å². The number of nitrogens with one attached hydrogen (secondary N) is 1. The molecular formula is C10H14ClNO2. The van der Waals surface area contributed by atoms with Crippen molar-refractivity contribution in [3.8, 4) is 5.75 Å². The van der Waals surface area contributed by atoms with Gasteiger partial charge in [0.15, 0.2) is 5.90 Å². The van der Waals surface area contributed by atoms with Crippen LogP contribution in [0.1, 0.15) is 5.56 Å². The Morgan fingerprint density at radius 2 is 2.07 bits per heavy atom. The molecule has 0 amide bonds. The predicted molar refractivity (Wildman–Crippen MR) is 58.7 cm³/mol. The van der Waals surface area contributed by atoms with E-state index in [-0.39, 0.29) is 18.3 Å². The van der Waals surface area contributed by atoms with Crippen LogP contribution in [0.15, 0.2) is 24.3 Å². The molecule has 0 fully saturated rings. The molecule has 3 nitrogen and oxygen atoms in total. The number of hydrogen-bond donors (Lipinski definition) is 1. The van der Waals surface area contributed by atoms with Crippen LogP contribution in [0.5, 0.6) is 5.75 Å². The fourth-order valence-corrected chi connectivity index (χ4v) is 1.04. The number of rotatable bonds is 3. The Bertz CT molecular complexity index is 302. The molecule has 78 valence electrons. The maximum absolute atomic E-state index is 7.34. The number of hydrogen-bond acceptors (Lipinski definition) is 3. The van der Waals surface area contributed by atoms with Crippen molar-refractivity contribution in [3.63, 3.8) is 0 Å². The van der Waals surface area contributed by atoms with Gasteiger partial charge in [-0.2, -0.15) is 0 Å². The zero-order chi connectivity index (χ0) is 9.68. The minimum atomic E-state index is 0. The molecule has 0 spiro atoms. The maximum Gasteiger partial charge on any atom is 0.184 e. The van der Waals surface area contributed by atoms with Gasteiger partial charge in [0.05, 0.1) is 14.2 Å². The summed E-state index contributed by atoms with van der Waals surface area (Å²) in [6, 6.07) is 7.61. The van der Waals surface area contributed by atoms with E-state index in [1.807, 2.05) is 24.3 Å². The van der Waals surface area contributed by atoms with E-state index in [1.54, 1.807) is 7.11 Å². The van der Waals surface area contributed by atoms with Crippen molar-refractivity contribution >= 4 is 18.3 Å². The summed E-state index contributed by atoms with van der Waals surface area (Å²) in [5.74, 6) is 1.06. The first kappa shape index (κ1) is 12.8. The van der Waals surface area contributed by atoms with E-state index >= 15 is 0 Å². The number of ether oxygens (including phenoxy) is 2. The van der Waals surface area contributed by atoms with Gasteiger partial charge in [-0.25, -0.2) is 0 Å². The Hall–Kier alpha value is -1.22. The third kappa shape index (κ3) is 3.66. The summed E-state index contributed by atoms with van der Waals surface area (Å²) >= 11 is 0. The van der Waals surface area contributed by atoms with Gasteiger partial charge in [0, 0.05) is 6.42 Å². The Balaban J connectivity index is 0.00000169. The van der Waals surface area contributed by atoms with Crippen LogP contribution in [0.2, 0.25) is 0 Å². The first-order valence-electron chi connectivity index (χ1n) is 4.00. The third-order valence-corrected chi connectivity index (χ3v) is 1.75. The highest BCUT2D eigenvalue weighted by Crippen LogP contribution is 2.13. The second kappa shape index (κ2) is 6.27. The van der Waals surface area contributed by atoms with E-state index < -0.39 is 0 Å². The first-order chi connectivity index (χ1) is 6.26. The topological polar surface area (TPSA) is 42.3 Å². The molecule has 0 aromatic heterocycles. The molecule has 1 rings (SSSR count). The predicted octanol–water partition coefficient (Wildman–Crippen LogP) is 2.28. The van der Waals surface area contributed by atoms with E-state index in [1.165, 1.54) is 7.11 Å². The third-order valence-electron chi connectivity index (χ3n) is 1.75. The van der Waals surface area contributed by atoms with Gasteiger partial charge in [-0.15, -0.1) is 12.4 Å². The number of methoxy groups -OCH3 is 2. The lowest BCUT2D eigenvalue weighted by Gasteiger charge is -2.04. The monoisotopic (exact) mass is 215 g/mol. The molecule has 0 aliphatic rings. The molecule has 0 aliphatic heterocycles. The summed E-state index contributed by atoms with van der Waals surface area (Å²) in [6.45, 7) is 0. The molecule has 1 aromatic rings. The molecule has 0 atom stereocenters. The van der Waals surface area contributed by atoms with Crippen LogP contribution in [0.25, 0.3) is 0 Å². The zero-order valence-electron chi connectivity index (χ0n) is 8.24. The second-order valence-electron chi connectivity index (χ2n) is 2.66. The van der Waals surface area contributed by atoms with Crippen LogP contribution in [-0.2, 0) is 11.2 Å². The van der Waals surface area contributed by atoms with Gasteiger partial charge in [0.1, 0.15) is 5.75 Å². The molecular weight excluding hydrogens is 202 g/mol. The molecule has 0 aliphatic carbocycles. The van der Waals surface area contributed by atoms with Crippen LogP contribution in [-0.4, -0.2) is 20.1 Å². The number of halogens is 1. The Kier molecular flexibility index (Phi) is 5.72. The van der Waals surface area contributed by atoms with Gasteiger partial charge < -0.3 is 9.47 Å². The van der Waals surface area contributed by atoms with Crippen LogP contribution in [0, 0.1) is 5.41 Å². The minimum Gasteiger partial charge on any atom is -0.497 e. The van der Waals surface area contributed by atoms with Crippen molar-refractivity contribution in [1.29, 1.82) is 5.41 Å². The fraction of sp³-hybridized carbons (Fsp3) is 0.300. The summed E-state index contributed by atoms with van der Waals surface area (Å²) in [5, 5.41) is 7.34. The normalized spacial score (nSPS) is 8.71. The molecule has 1 N–H and O–H groups in total. The summed E-state index contributed by atoms with van der Waals surface area (Å²) in [7, 11) is 3.13. The minimum absolute atomic E-state index is 0. The molecule has 0 unspecified atom stereocenters. The molecule has 1 aromatic carbocycles. The van der Waals surface area contributed by atoms with Gasteiger partial charge >= 0.3 is 0 Å². The summed E-state index contributed by atoms with van der Waals surface area (Å²) in [6.07, 6.45) is 0.508. The molecule has 0 saturated heterocycles. The lowest BCUT2D eigenvalue weighted by atomic mass is 10.1. The highest BCUT2D eigenvalue weighted by Gasteiger charge is 1.99. The van der Waals surface area contributed by atoms with Crippen LogP contribution < -0.4 is 4.74 Å². The average molecular weight is 216 g/mol.